The Hall–Kier alpha value is -3.50. The predicted octanol–water partition coefficient (Wildman–Crippen LogP) is -0.139. The van der Waals surface area contributed by atoms with Crippen molar-refractivity contribution in [3.8, 4) is 11.9 Å². The maximum Gasteiger partial charge on any atom is 0.307 e. The van der Waals surface area contributed by atoms with Crippen LogP contribution in [0.15, 0.2) is 57.2 Å². The van der Waals surface area contributed by atoms with Gasteiger partial charge < -0.3 is 5.11 Å². The van der Waals surface area contributed by atoms with Gasteiger partial charge in [0, 0.05) is 5.22 Å². The lowest BCUT2D eigenvalue weighted by Crippen LogP contribution is -2.21. The fraction of sp³-hybridized carbons (Fsp3) is 0. The highest BCUT2D eigenvalue weighted by atomic mass is 32.1. The van der Waals surface area contributed by atoms with Crippen LogP contribution in [0.4, 0.5) is 0 Å². The molecule has 2 heterocycles. The molecule has 0 unspecified atom stereocenters. The lowest BCUT2D eigenvalue weighted by Gasteiger charge is -1.91. The number of nitrogens with zero attached hydrogens (tertiary/aromatic N) is 3. The van der Waals surface area contributed by atoms with Crippen LogP contribution >= 0.6 is 11.3 Å². The largest absolute Gasteiger partial charge is 0.493 e. The van der Waals surface area contributed by atoms with Gasteiger partial charge in [0.05, 0.1) is 27.2 Å². The van der Waals surface area contributed by atoms with Crippen molar-refractivity contribution in [1.82, 2.24) is 4.98 Å². The maximum atomic E-state index is 11.2. The summed E-state index contributed by atoms with van der Waals surface area (Å²) >= 11 is 0.949. The molecule has 0 atom stereocenters. The molecule has 3 aromatic rings. The fourth-order valence-electron chi connectivity index (χ4n) is 2.47. The monoisotopic (exact) mass is 346 g/mol. The first-order valence-electron chi connectivity index (χ1n) is 7.34. The van der Waals surface area contributed by atoms with Crippen LogP contribution in [0.1, 0.15) is 10.4 Å². The van der Waals surface area contributed by atoms with E-state index in [1.807, 2.05) is 24.3 Å². The highest BCUT2D eigenvalue weighted by Crippen LogP contribution is 2.15. The van der Waals surface area contributed by atoms with Gasteiger partial charge in [-0.1, -0.05) is 35.6 Å². The third-order valence-corrected chi connectivity index (χ3v) is 4.50. The second kappa shape index (κ2) is 5.85. The summed E-state index contributed by atoms with van der Waals surface area (Å²) in [4.78, 5) is 22.7. The zero-order valence-corrected chi connectivity index (χ0v) is 13.5. The molecule has 0 spiro atoms. The van der Waals surface area contributed by atoms with Crippen LogP contribution in [0.5, 0.6) is 5.88 Å². The lowest BCUT2D eigenvalue weighted by molar-refractivity contribution is 0.455. The predicted molar refractivity (Wildman–Crippen MR) is 92.7 cm³/mol. The van der Waals surface area contributed by atoms with Gasteiger partial charge in [0.1, 0.15) is 0 Å². The Balaban J connectivity index is 1.79. The Morgan fingerprint density at radius 2 is 1.88 bits per heavy atom. The number of aromatic hydroxyl groups is 1. The summed E-state index contributed by atoms with van der Waals surface area (Å²) in [6.45, 7) is 0. The van der Waals surface area contributed by atoms with Gasteiger partial charge in [-0.3, -0.25) is 9.78 Å². The van der Waals surface area contributed by atoms with E-state index in [0.717, 1.165) is 27.1 Å². The van der Waals surface area contributed by atoms with Gasteiger partial charge in [0.2, 0.25) is 5.88 Å². The molecule has 0 bridgehead atoms. The number of rotatable bonds is 1. The van der Waals surface area contributed by atoms with Crippen molar-refractivity contribution in [2.45, 2.75) is 0 Å². The number of nitriles is 1. The zero-order chi connectivity index (χ0) is 17.4. The molecular weight excluding hydrogens is 336 g/mol. The van der Waals surface area contributed by atoms with Crippen LogP contribution in [0, 0.1) is 11.3 Å². The van der Waals surface area contributed by atoms with Crippen molar-refractivity contribution in [3.63, 3.8) is 0 Å². The van der Waals surface area contributed by atoms with Crippen LogP contribution in [-0.4, -0.2) is 10.1 Å². The molecule has 2 aromatic carbocycles. The van der Waals surface area contributed by atoms with Crippen molar-refractivity contribution in [2.24, 2.45) is 9.98 Å². The first-order chi connectivity index (χ1) is 12.1. The maximum absolute atomic E-state index is 11.2. The minimum atomic E-state index is -0.297. The van der Waals surface area contributed by atoms with Crippen LogP contribution in [0.2, 0.25) is 0 Å². The molecule has 4 rings (SSSR count). The van der Waals surface area contributed by atoms with Crippen LogP contribution in [0.25, 0.3) is 11.9 Å². The van der Waals surface area contributed by atoms with E-state index in [-0.39, 0.29) is 10.8 Å². The Bertz CT molecular complexity index is 1320. The highest BCUT2D eigenvalue weighted by Gasteiger charge is 2.05. The molecule has 0 radical (unpaired) electrons. The van der Waals surface area contributed by atoms with Crippen molar-refractivity contribution in [3.05, 3.63) is 83.7 Å². The van der Waals surface area contributed by atoms with E-state index in [1.165, 1.54) is 0 Å². The van der Waals surface area contributed by atoms with E-state index < -0.39 is 0 Å². The fourth-order valence-corrected chi connectivity index (χ4v) is 3.16. The Morgan fingerprint density at radius 3 is 2.56 bits per heavy atom. The van der Waals surface area contributed by atoms with Gasteiger partial charge in [-0.15, -0.1) is 0 Å². The van der Waals surface area contributed by atoms with Crippen LogP contribution in [0.3, 0.4) is 0 Å². The molecule has 6 nitrogen and oxygen atoms in total. The van der Waals surface area contributed by atoms with E-state index in [1.54, 1.807) is 24.3 Å². The molecule has 25 heavy (non-hydrogen) atoms. The molecule has 120 valence electrons. The number of aromatic amines is 1. The molecule has 7 heteroatoms. The topological polar surface area (TPSA) is 102 Å². The van der Waals surface area contributed by atoms with Gasteiger partial charge >= 0.3 is 4.87 Å². The van der Waals surface area contributed by atoms with Crippen LogP contribution < -0.4 is 26.0 Å². The van der Waals surface area contributed by atoms with Crippen molar-refractivity contribution in [1.29, 1.82) is 5.26 Å². The highest BCUT2D eigenvalue weighted by molar-refractivity contribution is 7.10. The van der Waals surface area contributed by atoms with E-state index in [0.29, 0.717) is 21.6 Å². The summed E-state index contributed by atoms with van der Waals surface area (Å²) < 4.78 is 0. The van der Waals surface area contributed by atoms with Gasteiger partial charge in [0.15, 0.2) is 5.82 Å². The first-order valence-corrected chi connectivity index (χ1v) is 8.16. The second-order valence-electron chi connectivity index (χ2n) is 5.36. The average molecular weight is 346 g/mol. The number of aromatic nitrogens is 1. The summed E-state index contributed by atoms with van der Waals surface area (Å²) in [5.74, 6) is 0.462. The first kappa shape index (κ1) is 15.1. The van der Waals surface area contributed by atoms with Gasteiger partial charge in [-0.2, -0.15) is 5.26 Å². The molecule has 0 saturated carbocycles. The summed E-state index contributed by atoms with van der Waals surface area (Å²) in [6, 6.07) is 14.8. The lowest BCUT2D eigenvalue weighted by atomic mass is 10.2. The van der Waals surface area contributed by atoms with Crippen molar-refractivity contribution < 1.29 is 5.11 Å². The molecule has 1 aromatic heterocycles. The second-order valence-corrected chi connectivity index (χ2v) is 6.37. The number of thiazole rings is 1. The molecule has 1 aliphatic heterocycles. The Kier molecular flexibility index (Phi) is 3.52. The number of nitrogens with one attached hydrogen (secondary N) is 1. The number of fused-ring (bicyclic) bond motifs is 1. The van der Waals surface area contributed by atoms with Crippen LogP contribution in [-0.2, 0) is 0 Å². The standard InChI is InChI=1S/C18H10N4O2S/c19-9-11-3-6-13-14(7-11)21-16(20-13)12-4-1-10(2-5-12)8-15-17(23)22-18(24)25-15/h1-8,23H,(H,22,24). The number of hydrogen-bond donors (Lipinski definition) is 2. The van der Waals surface area contributed by atoms with E-state index in [2.05, 4.69) is 21.0 Å². The summed E-state index contributed by atoms with van der Waals surface area (Å²) in [5, 5.41) is 21.7. The minimum Gasteiger partial charge on any atom is -0.493 e. The number of benzene rings is 2. The molecule has 0 saturated heterocycles. The Labute approximate surface area is 144 Å². The third-order valence-electron chi connectivity index (χ3n) is 3.68. The van der Waals surface area contributed by atoms with Gasteiger partial charge in [-0.25, -0.2) is 9.98 Å². The van der Waals surface area contributed by atoms with Crippen molar-refractivity contribution in [2.75, 3.05) is 0 Å². The van der Waals surface area contributed by atoms with Gasteiger partial charge in [-0.05, 0) is 29.5 Å². The summed E-state index contributed by atoms with van der Waals surface area (Å²) in [7, 11) is 0. The molecule has 0 fully saturated rings. The molecule has 2 N–H and O–H groups in total. The van der Waals surface area contributed by atoms with E-state index in [9.17, 15) is 9.90 Å². The smallest absolute Gasteiger partial charge is 0.307 e. The minimum absolute atomic E-state index is 0.127. The molecule has 1 aliphatic rings. The van der Waals surface area contributed by atoms with Crippen molar-refractivity contribution >= 4 is 23.2 Å². The third kappa shape index (κ3) is 2.86. The number of H-pyrrole nitrogens is 1. The average Bonchev–Trinajstić information content (AvgIpc) is 3.17. The van der Waals surface area contributed by atoms with E-state index >= 15 is 0 Å². The molecule has 0 amide bonds. The van der Waals surface area contributed by atoms with E-state index in [4.69, 9.17) is 5.26 Å². The molecular formula is C18H10N4O2S. The SMILES string of the molecule is N#Cc1ccc2c(c1)=NC(=c1ccc(=Cc3sc(=O)[nH]c3O)cc1)N=2. The summed E-state index contributed by atoms with van der Waals surface area (Å²) in [5.41, 5.74) is 0.550. The van der Waals surface area contributed by atoms with Gasteiger partial charge in [0.25, 0.3) is 0 Å². The quantitative estimate of drug-likeness (QED) is 0.641. The zero-order valence-electron chi connectivity index (χ0n) is 12.7. The Morgan fingerprint density at radius 1 is 1.12 bits per heavy atom. The number of hydrogen-bond acceptors (Lipinski definition) is 6. The molecule has 0 aliphatic carbocycles. The summed E-state index contributed by atoms with van der Waals surface area (Å²) in [6.07, 6.45) is 1.73. The normalized spacial score (nSPS) is 12.0.